The Morgan fingerprint density at radius 3 is 2.61 bits per heavy atom. The van der Waals surface area contributed by atoms with Crippen molar-refractivity contribution < 1.29 is 41.8 Å². The molecule has 2 atom stereocenters. The van der Waals surface area contributed by atoms with Crippen molar-refractivity contribution in [3.8, 4) is 11.4 Å². The molecule has 2 aromatic heterocycles. The van der Waals surface area contributed by atoms with Gasteiger partial charge in [0.2, 0.25) is 5.91 Å². The van der Waals surface area contributed by atoms with Gasteiger partial charge in [-0.25, -0.2) is 14.2 Å². The maximum atomic E-state index is 15.2. The van der Waals surface area contributed by atoms with Gasteiger partial charge in [0.15, 0.2) is 5.60 Å². The number of alkyl halides is 3. The number of ether oxygens (including phenoxy) is 1. The summed E-state index contributed by atoms with van der Waals surface area (Å²) < 4.78 is 59.9. The molecule has 2 aliphatic heterocycles. The second-order valence-corrected chi connectivity index (χ2v) is 12.8. The Labute approximate surface area is 280 Å². The van der Waals surface area contributed by atoms with E-state index in [1.165, 1.54) is 28.8 Å². The first kappa shape index (κ1) is 32.7. The number of pyridine rings is 2. The summed E-state index contributed by atoms with van der Waals surface area (Å²) in [7, 11) is 0. The molecule has 0 saturated carbocycles. The molecule has 3 aliphatic rings. The van der Waals surface area contributed by atoms with E-state index < -0.39 is 47.0 Å². The van der Waals surface area contributed by atoms with Crippen LogP contribution in [0.4, 0.5) is 23.2 Å². The number of benzene rings is 2. The molecule has 0 bridgehead atoms. The molecule has 3 N–H and O–H groups in total. The second-order valence-electron chi connectivity index (χ2n) is 12.4. The van der Waals surface area contributed by atoms with Gasteiger partial charge in [-0.2, -0.15) is 13.2 Å². The van der Waals surface area contributed by atoms with Crippen LogP contribution < -0.4 is 16.2 Å². The minimum absolute atomic E-state index is 0.0386. The van der Waals surface area contributed by atoms with Crippen molar-refractivity contribution in [1.82, 2.24) is 14.9 Å². The van der Waals surface area contributed by atoms with Crippen molar-refractivity contribution in [3.63, 3.8) is 0 Å². The Balaban J connectivity index is 1.27. The largest absolute Gasteiger partial charge is 0.471 e. The van der Waals surface area contributed by atoms with Crippen LogP contribution in [0.2, 0.25) is 5.02 Å². The first-order valence-corrected chi connectivity index (χ1v) is 15.8. The highest BCUT2D eigenvalue weighted by molar-refractivity contribution is 6.33. The standard InChI is InChI=1S/C34H27ClF4N4O6/c1-3-33(48)19-10-25-29-17(12-43(25)30(45)18(19)13-49-32(33)47)28-23(7-5-16-14(2)21(36)11-24(41-29)27(16)28)40-26(44)9-15-4-6-22(20(35)8-15)42-31(46)34(37,38)39/h4,6,8,10-11,23,48H,3,5,7,9,12-13H2,1-2H3,(H,40,44)(H,42,46)/t23-,33-/m0/s1. The lowest BCUT2D eigenvalue weighted by Gasteiger charge is -2.31. The van der Waals surface area contributed by atoms with Crippen LogP contribution in [0.3, 0.4) is 0 Å². The van der Waals surface area contributed by atoms with E-state index in [1.54, 1.807) is 25.2 Å². The molecule has 49 heavy (non-hydrogen) atoms. The average Bonchev–Trinajstić information content (AvgIpc) is 3.41. The molecule has 0 radical (unpaired) electrons. The van der Waals surface area contributed by atoms with Crippen molar-refractivity contribution in [2.24, 2.45) is 0 Å². The summed E-state index contributed by atoms with van der Waals surface area (Å²) >= 11 is 6.12. The smallest absolute Gasteiger partial charge is 0.458 e. The zero-order valence-electron chi connectivity index (χ0n) is 26.0. The fourth-order valence-electron chi connectivity index (χ4n) is 7.09. The summed E-state index contributed by atoms with van der Waals surface area (Å²) in [5, 5.41) is 16.4. The summed E-state index contributed by atoms with van der Waals surface area (Å²) in [6.45, 7) is 3.02. The number of nitrogens with one attached hydrogen (secondary N) is 2. The molecular weight excluding hydrogens is 672 g/mol. The average molecular weight is 699 g/mol. The lowest BCUT2D eigenvalue weighted by Crippen LogP contribution is -2.44. The Morgan fingerprint density at radius 2 is 1.92 bits per heavy atom. The quantitative estimate of drug-likeness (QED) is 0.173. The number of carbonyl (C=O) groups is 3. The van der Waals surface area contributed by atoms with Crippen LogP contribution in [0.25, 0.3) is 22.3 Å². The third-order valence-corrected chi connectivity index (χ3v) is 9.93. The molecule has 254 valence electrons. The number of amides is 2. The number of anilines is 1. The fraction of sp³-hybridized carbons (Fsp3) is 0.324. The Hall–Kier alpha value is -4.82. The number of aromatic nitrogens is 2. The SMILES string of the molecule is CC[C@@]1(O)C(=O)OCc2c1cc1n(c2=O)Cc2c-1nc1cc(F)c(C)c3c1c2[C@@H](NC(=O)Cc1ccc(NC(=O)C(F)(F)F)c(Cl)c1)CC3. The predicted octanol–water partition coefficient (Wildman–Crippen LogP) is 5.03. The number of nitrogens with zero attached hydrogens (tertiary/aromatic N) is 2. The number of hydrogen-bond acceptors (Lipinski definition) is 7. The van der Waals surface area contributed by atoms with E-state index in [-0.39, 0.29) is 47.8 Å². The monoisotopic (exact) mass is 698 g/mol. The van der Waals surface area contributed by atoms with Crippen LogP contribution in [-0.2, 0) is 50.7 Å². The summed E-state index contributed by atoms with van der Waals surface area (Å²) in [5.74, 6) is -3.95. The van der Waals surface area contributed by atoms with Crippen molar-refractivity contribution in [1.29, 1.82) is 0 Å². The molecule has 10 nitrogen and oxygen atoms in total. The van der Waals surface area contributed by atoms with Crippen molar-refractivity contribution in [2.45, 2.75) is 70.5 Å². The number of rotatable bonds is 5. The summed E-state index contributed by atoms with van der Waals surface area (Å²) in [4.78, 5) is 56.0. The predicted molar refractivity (Wildman–Crippen MR) is 168 cm³/mol. The molecule has 4 aromatic rings. The second kappa shape index (κ2) is 11.4. The highest BCUT2D eigenvalue weighted by Gasteiger charge is 2.46. The minimum Gasteiger partial charge on any atom is -0.458 e. The zero-order chi connectivity index (χ0) is 35.2. The van der Waals surface area contributed by atoms with E-state index in [4.69, 9.17) is 21.3 Å². The number of aryl methyl sites for hydroxylation is 1. The van der Waals surface area contributed by atoms with E-state index in [0.29, 0.717) is 57.4 Å². The van der Waals surface area contributed by atoms with Crippen molar-refractivity contribution >= 4 is 46.0 Å². The number of aliphatic hydroxyl groups is 1. The Morgan fingerprint density at radius 1 is 1.16 bits per heavy atom. The highest BCUT2D eigenvalue weighted by atomic mass is 35.5. The molecule has 0 fully saturated rings. The zero-order valence-corrected chi connectivity index (χ0v) is 26.7. The third kappa shape index (κ3) is 5.16. The van der Waals surface area contributed by atoms with Gasteiger partial charge < -0.3 is 25.0 Å². The maximum absolute atomic E-state index is 15.2. The van der Waals surface area contributed by atoms with Gasteiger partial charge in [0.1, 0.15) is 12.4 Å². The van der Waals surface area contributed by atoms with Crippen LogP contribution >= 0.6 is 11.6 Å². The lowest BCUT2D eigenvalue weighted by atomic mass is 9.81. The van der Waals surface area contributed by atoms with E-state index in [9.17, 15) is 37.5 Å². The van der Waals surface area contributed by atoms with Crippen LogP contribution in [-0.4, -0.2) is 38.6 Å². The number of carbonyl (C=O) groups excluding carboxylic acids is 3. The molecular formula is C34H27ClF4N4O6. The number of fused-ring (bicyclic) bond motifs is 5. The Kier molecular flexibility index (Phi) is 7.59. The van der Waals surface area contributed by atoms with Crippen LogP contribution in [0.5, 0.6) is 0 Å². The lowest BCUT2D eigenvalue weighted by molar-refractivity contribution is -0.172. The summed E-state index contributed by atoms with van der Waals surface area (Å²) in [5.41, 5.74) is 1.37. The van der Waals surface area contributed by atoms with Gasteiger partial charge in [-0.3, -0.25) is 14.4 Å². The van der Waals surface area contributed by atoms with Crippen molar-refractivity contribution in [3.05, 3.63) is 90.5 Å². The molecule has 2 amide bonds. The van der Waals surface area contributed by atoms with Gasteiger partial charge in [-0.1, -0.05) is 24.6 Å². The number of esters is 1. The summed E-state index contributed by atoms with van der Waals surface area (Å²) in [6, 6.07) is 6.11. The number of halogens is 5. The Bertz CT molecular complexity index is 2220. The molecule has 4 heterocycles. The van der Waals surface area contributed by atoms with Crippen LogP contribution in [0.1, 0.15) is 64.8 Å². The van der Waals surface area contributed by atoms with Crippen molar-refractivity contribution in [2.75, 3.05) is 5.32 Å². The number of cyclic esters (lactones) is 1. The van der Waals surface area contributed by atoms with Crippen LogP contribution in [0.15, 0.2) is 35.1 Å². The van der Waals surface area contributed by atoms with Gasteiger partial charge in [-0.05, 0) is 66.6 Å². The highest BCUT2D eigenvalue weighted by Crippen LogP contribution is 2.46. The molecule has 2 aromatic carbocycles. The normalized spacial score (nSPS) is 19.2. The summed E-state index contributed by atoms with van der Waals surface area (Å²) in [6.07, 6.45) is -4.54. The van der Waals surface area contributed by atoms with Gasteiger partial charge in [0.25, 0.3) is 5.56 Å². The molecule has 7 rings (SSSR count). The van der Waals surface area contributed by atoms with Gasteiger partial charge in [0, 0.05) is 22.6 Å². The first-order chi connectivity index (χ1) is 23.1. The van der Waals surface area contributed by atoms with Gasteiger partial charge in [-0.15, -0.1) is 0 Å². The molecule has 0 unspecified atom stereocenters. The van der Waals surface area contributed by atoms with E-state index in [2.05, 4.69) is 5.32 Å². The fourth-order valence-corrected chi connectivity index (χ4v) is 7.34. The van der Waals surface area contributed by atoms with Crippen LogP contribution in [0, 0.1) is 12.7 Å². The molecule has 0 saturated heterocycles. The molecule has 0 spiro atoms. The van der Waals surface area contributed by atoms with E-state index in [1.807, 2.05) is 0 Å². The first-order valence-electron chi connectivity index (χ1n) is 15.4. The number of hydrogen-bond donors (Lipinski definition) is 3. The topological polar surface area (TPSA) is 140 Å². The third-order valence-electron chi connectivity index (χ3n) is 9.62. The molecule has 15 heteroatoms. The molecule has 1 aliphatic carbocycles. The van der Waals surface area contributed by atoms with E-state index >= 15 is 4.39 Å². The maximum Gasteiger partial charge on any atom is 0.471 e. The van der Waals surface area contributed by atoms with E-state index in [0.717, 1.165) is 5.56 Å². The van der Waals surface area contributed by atoms with Gasteiger partial charge in [0.05, 0.1) is 52.2 Å². The van der Waals surface area contributed by atoms with Gasteiger partial charge >= 0.3 is 18.1 Å². The minimum atomic E-state index is -5.11.